The molecule has 1 atom stereocenters. The first-order valence-corrected chi connectivity index (χ1v) is 9.57. The average molecular weight is 367 g/mol. The van der Waals surface area contributed by atoms with Crippen molar-refractivity contribution in [3.63, 3.8) is 0 Å². The van der Waals surface area contributed by atoms with Crippen LogP contribution in [0.5, 0.6) is 0 Å². The van der Waals surface area contributed by atoms with Crippen LogP contribution in [0.3, 0.4) is 0 Å². The lowest BCUT2D eigenvalue weighted by molar-refractivity contribution is 0.139. The van der Waals surface area contributed by atoms with Gasteiger partial charge in [-0.25, -0.2) is 4.79 Å². The molecule has 27 heavy (non-hydrogen) atoms. The molecular weight excluding hydrogens is 338 g/mol. The predicted octanol–water partition coefficient (Wildman–Crippen LogP) is 3.60. The maximum absolute atomic E-state index is 11.8. The highest BCUT2D eigenvalue weighted by Crippen LogP contribution is 2.28. The van der Waals surface area contributed by atoms with Crippen molar-refractivity contribution in [2.24, 2.45) is 0 Å². The summed E-state index contributed by atoms with van der Waals surface area (Å²) in [5.41, 5.74) is 5.17. The molecule has 1 amide bonds. The van der Waals surface area contributed by atoms with E-state index in [4.69, 9.17) is 4.74 Å². The van der Waals surface area contributed by atoms with Crippen molar-refractivity contribution in [3.05, 3.63) is 65.2 Å². The van der Waals surface area contributed by atoms with E-state index in [-0.39, 0.29) is 12.1 Å². The van der Waals surface area contributed by atoms with Crippen molar-refractivity contribution in [1.82, 2.24) is 10.2 Å². The summed E-state index contributed by atoms with van der Waals surface area (Å²) in [6.45, 7) is 4.59. The first-order valence-electron chi connectivity index (χ1n) is 9.57. The molecule has 1 aliphatic heterocycles. The molecule has 1 unspecified atom stereocenters. The van der Waals surface area contributed by atoms with E-state index in [0.717, 1.165) is 19.5 Å². The second kappa shape index (κ2) is 8.91. The first-order chi connectivity index (χ1) is 13.1. The monoisotopic (exact) mass is 367 g/mol. The van der Waals surface area contributed by atoms with E-state index >= 15 is 0 Å². The van der Waals surface area contributed by atoms with E-state index in [9.17, 15) is 4.79 Å². The lowest BCUT2D eigenvalue weighted by Gasteiger charge is -2.36. The highest BCUT2D eigenvalue weighted by molar-refractivity contribution is 5.67. The Bertz CT molecular complexity index is 758. The van der Waals surface area contributed by atoms with Gasteiger partial charge in [0.25, 0.3) is 0 Å². The Labute approximate surface area is 161 Å². The van der Waals surface area contributed by atoms with Crippen LogP contribution < -0.4 is 10.2 Å². The Morgan fingerprint density at radius 3 is 2.52 bits per heavy atom. The summed E-state index contributed by atoms with van der Waals surface area (Å²) in [7, 11) is 4.08. The van der Waals surface area contributed by atoms with Gasteiger partial charge in [0.05, 0.1) is 12.6 Å². The molecule has 0 saturated carbocycles. The van der Waals surface area contributed by atoms with Crippen LogP contribution in [-0.4, -0.2) is 44.8 Å². The van der Waals surface area contributed by atoms with Crippen molar-refractivity contribution < 1.29 is 9.53 Å². The minimum absolute atomic E-state index is 0.110. The summed E-state index contributed by atoms with van der Waals surface area (Å²) < 4.78 is 5.05. The van der Waals surface area contributed by atoms with Gasteiger partial charge in [0.1, 0.15) is 0 Å². The number of ether oxygens (including phenoxy) is 1. The molecule has 0 aromatic heterocycles. The van der Waals surface area contributed by atoms with Crippen molar-refractivity contribution in [1.29, 1.82) is 0 Å². The van der Waals surface area contributed by atoms with E-state index in [0.29, 0.717) is 13.2 Å². The fraction of sp³-hybridized carbons (Fsp3) is 0.409. The van der Waals surface area contributed by atoms with Gasteiger partial charge in [0, 0.05) is 39.4 Å². The smallest absolute Gasteiger partial charge is 0.407 e. The summed E-state index contributed by atoms with van der Waals surface area (Å²) in [4.78, 5) is 16.4. The molecular formula is C22H29N3O2. The minimum atomic E-state index is -0.357. The van der Waals surface area contributed by atoms with Crippen LogP contribution in [0.25, 0.3) is 0 Å². The minimum Gasteiger partial charge on any atom is -0.450 e. The topological polar surface area (TPSA) is 44.8 Å². The molecule has 1 heterocycles. The predicted molar refractivity (Wildman–Crippen MR) is 109 cm³/mol. The molecule has 0 bridgehead atoms. The molecule has 0 fully saturated rings. The van der Waals surface area contributed by atoms with Gasteiger partial charge in [-0.3, -0.25) is 4.90 Å². The van der Waals surface area contributed by atoms with Gasteiger partial charge in [-0.2, -0.15) is 0 Å². The lowest BCUT2D eigenvalue weighted by atomic mass is 9.96. The van der Waals surface area contributed by atoms with Gasteiger partial charge in [0.15, 0.2) is 0 Å². The molecule has 1 N–H and O–H groups in total. The number of benzene rings is 2. The fourth-order valence-corrected chi connectivity index (χ4v) is 3.60. The first kappa shape index (κ1) is 19.2. The number of hydrogen-bond acceptors (Lipinski definition) is 4. The average Bonchev–Trinajstić information content (AvgIpc) is 2.68. The number of rotatable bonds is 6. The second-order valence-corrected chi connectivity index (χ2v) is 7.09. The van der Waals surface area contributed by atoms with Crippen molar-refractivity contribution >= 4 is 11.8 Å². The van der Waals surface area contributed by atoms with E-state index < -0.39 is 0 Å². The van der Waals surface area contributed by atoms with Crippen LogP contribution in [0.15, 0.2) is 48.5 Å². The zero-order chi connectivity index (χ0) is 19.2. The summed E-state index contributed by atoms with van der Waals surface area (Å²) in [6.07, 6.45) is 0.673. The van der Waals surface area contributed by atoms with Gasteiger partial charge in [-0.1, -0.05) is 36.4 Å². The van der Waals surface area contributed by atoms with Gasteiger partial charge >= 0.3 is 6.09 Å². The maximum Gasteiger partial charge on any atom is 0.407 e. The van der Waals surface area contributed by atoms with Gasteiger partial charge in [-0.15, -0.1) is 0 Å². The molecule has 2 aromatic carbocycles. The third-order valence-corrected chi connectivity index (χ3v) is 5.11. The number of carbonyl (C=O) groups is 1. The second-order valence-electron chi connectivity index (χ2n) is 7.09. The van der Waals surface area contributed by atoms with E-state index in [1.165, 1.54) is 22.4 Å². The van der Waals surface area contributed by atoms with Crippen LogP contribution in [0.4, 0.5) is 10.5 Å². The number of nitrogens with zero attached hydrogens (tertiary/aromatic N) is 2. The summed E-state index contributed by atoms with van der Waals surface area (Å²) in [5.74, 6) is 0. The van der Waals surface area contributed by atoms with E-state index in [1.54, 1.807) is 0 Å². The highest BCUT2D eigenvalue weighted by atomic mass is 16.5. The highest BCUT2D eigenvalue weighted by Gasteiger charge is 2.25. The number of anilines is 1. The molecule has 5 nitrogen and oxygen atoms in total. The lowest BCUT2D eigenvalue weighted by Crippen LogP contribution is -2.40. The van der Waals surface area contributed by atoms with Gasteiger partial charge < -0.3 is 15.0 Å². The third-order valence-electron chi connectivity index (χ3n) is 5.11. The molecule has 0 aliphatic carbocycles. The molecule has 1 aliphatic rings. The molecule has 3 rings (SSSR count). The number of hydrogen-bond donors (Lipinski definition) is 1. The Hall–Kier alpha value is -2.53. The SMILES string of the molecule is CCOC(=O)NCC(c1ccc(N(C)C)cc1)N1CCc2ccccc2C1. The molecule has 0 saturated heterocycles. The molecule has 0 radical (unpaired) electrons. The zero-order valence-electron chi connectivity index (χ0n) is 16.4. The van der Waals surface area contributed by atoms with Crippen molar-refractivity contribution in [2.75, 3.05) is 38.7 Å². The summed E-state index contributed by atoms with van der Waals surface area (Å²) in [5, 5.41) is 2.93. The van der Waals surface area contributed by atoms with Crippen molar-refractivity contribution in [2.45, 2.75) is 25.9 Å². The van der Waals surface area contributed by atoms with E-state index in [2.05, 4.69) is 63.6 Å². The quantitative estimate of drug-likeness (QED) is 0.847. The Balaban J connectivity index is 1.80. The molecule has 0 spiro atoms. The zero-order valence-corrected chi connectivity index (χ0v) is 16.4. The van der Waals surface area contributed by atoms with Crippen LogP contribution in [-0.2, 0) is 17.7 Å². The number of fused-ring (bicyclic) bond motifs is 1. The molecule has 2 aromatic rings. The number of carbonyl (C=O) groups excluding carboxylic acids is 1. The normalized spacial score (nSPS) is 14.9. The molecule has 5 heteroatoms. The standard InChI is InChI=1S/C22H29N3O2/c1-4-27-22(26)23-15-21(18-9-11-20(12-10-18)24(2)3)25-14-13-17-7-5-6-8-19(17)16-25/h5-12,21H,4,13-16H2,1-3H3,(H,23,26). The van der Waals surface area contributed by atoms with Crippen LogP contribution >= 0.6 is 0 Å². The van der Waals surface area contributed by atoms with Gasteiger partial charge in [-0.05, 0) is 42.2 Å². The largest absolute Gasteiger partial charge is 0.450 e. The number of nitrogens with one attached hydrogen (secondary N) is 1. The fourth-order valence-electron chi connectivity index (χ4n) is 3.60. The van der Waals surface area contributed by atoms with Crippen molar-refractivity contribution in [3.8, 4) is 0 Å². The Morgan fingerprint density at radius 2 is 1.85 bits per heavy atom. The van der Waals surface area contributed by atoms with Crippen LogP contribution in [0.2, 0.25) is 0 Å². The summed E-state index contributed by atoms with van der Waals surface area (Å²) in [6, 6.07) is 17.3. The number of amides is 1. The van der Waals surface area contributed by atoms with Crippen LogP contribution in [0, 0.1) is 0 Å². The summed E-state index contributed by atoms with van der Waals surface area (Å²) >= 11 is 0. The Morgan fingerprint density at radius 1 is 1.15 bits per heavy atom. The van der Waals surface area contributed by atoms with Gasteiger partial charge in [0.2, 0.25) is 0 Å². The van der Waals surface area contributed by atoms with Crippen LogP contribution in [0.1, 0.15) is 29.7 Å². The van der Waals surface area contributed by atoms with E-state index in [1.807, 2.05) is 21.0 Å². The molecule has 144 valence electrons. The number of alkyl carbamates (subject to hydrolysis) is 1. The third kappa shape index (κ3) is 4.80. The maximum atomic E-state index is 11.8. The Kier molecular flexibility index (Phi) is 6.35.